The van der Waals surface area contributed by atoms with Crippen molar-refractivity contribution in [1.29, 1.82) is 0 Å². The lowest BCUT2D eigenvalue weighted by Crippen LogP contribution is -2.38. The van der Waals surface area contributed by atoms with E-state index in [1.807, 2.05) is 31.5 Å². The van der Waals surface area contributed by atoms with Crippen LogP contribution < -0.4 is 10.6 Å². The first-order valence-electron chi connectivity index (χ1n) is 8.27. The van der Waals surface area contributed by atoms with Crippen LogP contribution in [0.3, 0.4) is 0 Å². The van der Waals surface area contributed by atoms with Crippen molar-refractivity contribution in [3.63, 3.8) is 0 Å². The SMILES string of the molecule is CCOCCCNC(=NC)NCCCn1cnc2ccccc21.I. The third-order valence-corrected chi connectivity index (χ3v) is 3.58. The molecule has 0 radical (unpaired) electrons. The van der Waals surface area contributed by atoms with E-state index in [0.29, 0.717) is 0 Å². The number of imidazole rings is 1. The van der Waals surface area contributed by atoms with Crippen LogP contribution in [0.2, 0.25) is 0 Å². The molecule has 0 amide bonds. The van der Waals surface area contributed by atoms with E-state index in [1.54, 1.807) is 7.05 Å². The van der Waals surface area contributed by atoms with Gasteiger partial charge < -0.3 is 19.9 Å². The van der Waals surface area contributed by atoms with Crippen LogP contribution >= 0.6 is 24.0 Å². The molecule has 24 heavy (non-hydrogen) atoms. The molecule has 0 bridgehead atoms. The van der Waals surface area contributed by atoms with Gasteiger partial charge in [-0.3, -0.25) is 4.99 Å². The van der Waals surface area contributed by atoms with Crippen LogP contribution in [-0.2, 0) is 11.3 Å². The molecule has 0 atom stereocenters. The number of guanidine groups is 1. The molecule has 0 unspecified atom stereocenters. The molecule has 0 fully saturated rings. The monoisotopic (exact) mass is 445 g/mol. The van der Waals surface area contributed by atoms with Crippen molar-refractivity contribution >= 4 is 41.0 Å². The van der Waals surface area contributed by atoms with Crippen molar-refractivity contribution in [2.75, 3.05) is 33.4 Å². The lowest BCUT2D eigenvalue weighted by Gasteiger charge is -2.12. The van der Waals surface area contributed by atoms with Crippen LogP contribution in [0, 0.1) is 0 Å². The van der Waals surface area contributed by atoms with Crippen molar-refractivity contribution in [2.45, 2.75) is 26.3 Å². The lowest BCUT2D eigenvalue weighted by molar-refractivity contribution is 0.145. The lowest BCUT2D eigenvalue weighted by atomic mass is 10.3. The molecule has 1 aromatic heterocycles. The van der Waals surface area contributed by atoms with Gasteiger partial charge in [-0.25, -0.2) is 4.98 Å². The maximum absolute atomic E-state index is 5.32. The Kier molecular flexibility index (Phi) is 10.4. The molecular weight excluding hydrogens is 417 g/mol. The first kappa shape index (κ1) is 20.7. The third kappa shape index (κ3) is 6.64. The summed E-state index contributed by atoms with van der Waals surface area (Å²) in [5.74, 6) is 0.844. The second-order valence-corrected chi connectivity index (χ2v) is 5.26. The van der Waals surface area contributed by atoms with Crippen LogP contribution in [0.1, 0.15) is 19.8 Å². The smallest absolute Gasteiger partial charge is 0.190 e. The minimum Gasteiger partial charge on any atom is -0.382 e. The first-order chi connectivity index (χ1) is 11.3. The van der Waals surface area contributed by atoms with Crippen molar-refractivity contribution in [2.24, 2.45) is 4.99 Å². The minimum atomic E-state index is 0. The number of fused-ring (bicyclic) bond motifs is 1. The number of halogens is 1. The normalized spacial score (nSPS) is 11.3. The largest absolute Gasteiger partial charge is 0.382 e. The number of hydrogen-bond acceptors (Lipinski definition) is 3. The second kappa shape index (κ2) is 12.1. The molecule has 0 aliphatic carbocycles. The van der Waals surface area contributed by atoms with E-state index in [9.17, 15) is 0 Å². The summed E-state index contributed by atoms with van der Waals surface area (Å²) >= 11 is 0. The Bertz CT molecular complexity index is 614. The number of rotatable bonds is 9. The predicted molar refractivity (Wildman–Crippen MR) is 110 cm³/mol. The molecule has 0 saturated heterocycles. The van der Waals surface area contributed by atoms with Gasteiger partial charge in [0.15, 0.2) is 5.96 Å². The van der Waals surface area contributed by atoms with Crippen LogP contribution in [0.15, 0.2) is 35.6 Å². The number of ether oxygens (including phenoxy) is 1. The van der Waals surface area contributed by atoms with E-state index < -0.39 is 0 Å². The van der Waals surface area contributed by atoms with Crippen molar-refractivity contribution in [3.05, 3.63) is 30.6 Å². The van der Waals surface area contributed by atoms with Gasteiger partial charge in [-0.2, -0.15) is 0 Å². The molecule has 1 aromatic carbocycles. The van der Waals surface area contributed by atoms with Gasteiger partial charge in [-0.1, -0.05) is 12.1 Å². The second-order valence-electron chi connectivity index (χ2n) is 5.26. The first-order valence-corrected chi connectivity index (χ1v) is 8.27. The number of aryl methyl sites for hydroxylation is 1. The van der Waals surface area contributed by atoms with Crippen LogP contribution in [0.4, 0.5) is 0 Å². The molecule has 2 N–H and O–H groups in total. The molecular formula is C17H28IN5O. The van der Waals surface area contributed by atoms with E-state index in [1.165, 1.54) is 5.52 Å². The topological polar surface area (TPSA) is 63.5 Å². The van der Waals surface area contributed by atoms with Gasteiger partial charge in [0.2, 0.25) is 0 Å². The van der Waals surface area contributed by atoms with E-state index >= 15 is 0 Å². The number of aliphatic imine (C=N–C) groups is 1. The van der Waals surface area contributed by atoms with Crippen molar-refractivity contribution < 1.29 is 4.74 Å². The number of aromatic nitrogens is 2. The quantitative estimate of drug-likeness (QED) is 0.270. The number of para-hydroxylation sites is 2. The fourth-order valence-electron chi connectivity index (χ4n) is 2.39. The molecule has 2 aromatic rings. The van der Waals surface area contributed by atoms with Crippen LogP contribution in [-0.4, -0.2) is 48.9 Å². The Hall–Kier alpha value is -1.35. The zero-order chi connectivity index (χ0) is 16.3. The zero-order valence-corrected chi connectivity index (χ0v) is 16.8. The van der Waals surface area contributed by atoms with E-state index in [2.05, 4.69) is 31.2 Å². The molecule has 0 saturated carbocycles. The van der Waals surface area contributed by atoms with Crippen molar-refractivity contribution in [3.8, 4) is 0 Å². The third-order valence-electron chi connectivity index (χ3n) is 3.58. The van der Waals surface area contributed by atoms with E-state index in [4.69, 9.17) is 4.74 Å². The van der Waals surface area contributed by atoms with Gasteiger partial charge in [0.05, 0.1) is 17.4 Å². The van der Waals surface area contributed by atoms with Gasteiger partial charge in [0.25, 0.3) is 0 Å². The number of nitrogens with one attached hydrogen (secondary N) is 2. The number of benzene rings is 1. The van der Waals surface area contributed by atoms with E-state index in [-0.39, 0.29) is 24.0 Å². The number of hydrogen-bond donors (Lipinski definition) is 2. The standard InChI is InChI=1S/C17H27N5O.HI/c1-3-23-13-7-11-20-17(18-2)19-10-6-12-22-14-21-15-8-4-5-9-16(15)22;/h4-5,8-9,14H,3,6-7,10-13H2,1-2H3,(H2,18,19,20);1H. The summed E-state index contributed by atoms with van der Waals surface area (Å²) < 4.78 is 7.50. The molecule has 1 heterocycles. The number of nitrogens with zero attached hydrogens (tertiary/aromatic N) is 3. The molecule has 2 rings (SSSR count). The highest BCUT2D eigenvalue weighted by atomic mass is 127. The average Bonchev–Trinajstić information content (AvgIpc) is 3.00. The van der Waals surface area contributed by atoms with E-state index in [0.717, 1.165) is 57.2 Å². The van der Waals surface area contributed by atoms with Crippen molar-refractivity contribution in [1.82, 2.24) is 20.2 Å². The highest BCUT2D eigenvalue weighted by Gasteiger charge is 2.01. The Morgan fingerprint density at radius 3 is 2.71 bits per heavy atom. The summed E-state index contributed by atoms with van der Waals surface area (Å²) in [7, 11) is 1.79. The summed E-state index contributed by atoms with van der Waals surface area (Å²) in [5.41, 5.74) is 2.23. The molecule has 7 heteroatoms. The summed E-state index contributed by atoms with van der Waals surface area (Å²) in [4.78, 5) is 8.63. The molecule has 134 valence electrons. The fourth-order valence-corrected chi connectivity index (χ4v) is 2.39. The molecule has 0 aliphatic rings. The fraction of sp³-hybridized carbons (Fsp3) is 0.529. The Labute approximate surface area is 161 Å². The molecule has 0 spiro atoms. The van der Waals surface area contributed by atoms with Gasteiger partial charge in [-0.15, -0.1) is 24.0 Å². The highest BCUT2D eigenvalue weighted by molar-refractivity contribution is 14.0. The summed E-state index contributed by atoms with van der Waals surface area (Å²) in [6.07, 6.45) is 3.90. The maximum Gasteiger partial charge on any atom is 0.190 e. The summed E-state index contributed by atoms with van der Waals surface area (Å²) in [6.45, 7) is 6.25. The summed E-state index contributed by atoms with van der Waals surface area (Å²) in [6, 6.07) is 8.21. The van der Waals surface area contributed by atoms with Gasteiger partial charge in [0, 0.05) is 39.9 Å². The van der Waals surface area contributed by atoms with Gasteiger partial charge >= 0.3 is 0 Å². The Morgan fingerprint density at radius 1 is 1.21 bits per heavy atom. The van der Waals surface area contributed by atoms with Gasteiger partial charge in [0.1, 0.15) is 0 Å². The van der Waals surface area contributed by atoms with Crippen LogP contribution in [0.25, 0.3) is 11.0 Å². The highest BCUT2D eigenvalue weighted by Crippen LogP contribution is 2.11. The predicted octanol–water partition coefficient (Wildman–Crippen LogP) is 2.64. The zero-order valence-electron chi connectivity index (χ0n) is 14.5. The maximum atomic E-state index is 5.32. The molecule has 6 nitrogen and oxygen atoms in total. The minimum absolute atomic E-state index is 0. The Morgan fingerprint density at radius 2 is 1.96 bits per heavy atom. The molecule has 0 aliphatic heterocycles. The van der Waals surface area contributed by atoms with Crippen LogP contribution in [0.5, 0.6) is 0 Å². The Balaban J connectivity index is 0.00000288. The average molecular weight is 445 g/mol. The van der Waals surface area contributed by atoms with Gasteiger partial charge in [-0.05, 0) is 31.9 Å². The summed E-state index contributed by atoms with van der Waals surface area (Å²) in [5, 5.41) is 6.63.